The highest BCUT2D eigenvalue weighted by atomic mass is 79.9. The summed E-state index contributed by atoms with van der Waals surface area (Å²) in [7, 11) is 0. The first kappa shape index (κ1) is 11.7. The van der Waals surface area contributed by atoms with E-state index >= 15 is 0 Å². The Morgan fingerprint density at radius 1 is 1.67 bits per heavy atom. The lowest BCUT2D eigenvalue weighted by atomic mass is 10.4. The summed E-state index contributed by atoms with van der Waals surface area (Å²) in [5.74, 6) is -1.67. The largest absolute Gasteiger partial charge is 0.476 e. The first-order valence-electron chi connectivity index (χ1n) is 4.16. The van der Waals surface area contributed by atoms with Crippen LogP contribution in [0.4, 0.5) is 0 Å². The number of nitrogens with zero attached hydrogens (tertiary/aromatic N) is 2. The summed E-state index contributed by atoms with van der Waals surface area (Å²) >= 11 is 3.03. The number of halogens is 1. The second kappa shape index (κ2) is 4.92. The average molecular weight is 277 g/mol. The van der Waals surface area contributed by atoms with Crippen LogP contribution in [0.25, 0.3) is 0 Å². The highest BCUT2D eigenvalue weighted by molar-refractivity contribution is 9.10. The summed E-state index contributed by atoms with van der Waals surface area (Å²) in [6.07, 6.45) is 1.32. The van der Waals surface area contributed by atoms with Crippen molar-refractivity contribution in [3.05, 3.63) is 16.4 Å². The van der Waals surface area contributed by atoms with Crippen molar-refractivity contribution in [2.24, 2.45) is 0 Å². The predicted octanol–water partition coefficient (Wildman–Crippen LogP) is 0.907. The van der Waals surface area contributed by atoms with Gasteiger partial charge in [0.2, 0.25) is 0 Å². The van der Waals surface area contributed by atoms with Crippen LogP contribution in [0.5, 0.6) is 0 Å². The van der Waals surface area contributed by atoms with Crippen LogP contribution in [-0.2, 0) is 16.1 Å². The van der Waals surface area contributed by atoms with Crippen molar-refractivity contribution in [3.8, 4) is 0 Å². The van der Waals surface area contributed by atoms with Gasteiger partial charge in [0.1, 0.15) is 6.54 Å². The van der Waals surface area contributed by atoms with E-state index in [1.165, 1.54) is 6.20 Å². The van der Waals surface area contributed by atoms with Crippen molar-refractivity contribution in [3.63, 3.8) is 0 Å². The summed E-state index contributed by atoms with van der Waals surface area (Å²) in [5, 5.41) is 12.6. The number of ether oxygens (including phenoxy) is 1. The lowest BCUT2D eigenvalue weighted by Gasteiger charge is -2.04. The molecule has 0 saturated carbocycles. The van der Waals surface area contributed by atoms with Crippen LogP contribution in [0, 0.1) is 0 Å². The number of hydrogen-bond acceptors (Lipinski definition) is 4. The normalized spacial score (nSPS) is 10.0. The van der Waals surface area contributed by atoms with E-state index in [1.54, 1.807) is 6.92 Å². The molecule has 0 saturated heterocycles. The fourth-order valence-electron chi connectivity index (χ4n) is 1.02. The van der Waals surface area contributed by atoms with Crippen LogP contribution in [-0.4, -0.2) is 33.4 Å². The van der Waals surface area contributed by atoms with Gasteiger partial charge in [-0.25, -0.2) is 9.48 Å². The molecule has 15 heavy (non-hydrogen) atoms. The summed E-state index contributed by atoms with van der Waals surface area (Å²) in [6.45, 7) is 1.72. The minimum absolute atomic E-state index is 0.0666. The fourth-order valence-corrected chi connectivity index (χ4v) is 1.49. The number of aromatic nitrogens is 2. The fraction of sp³-hybridized carbons (Fsp3) is 0.375. The SMILES string of the molecule is CCOC(=O)Cn1ncc(Br)c1C(=O)O. The maximum atomic E-state index is 11.1. The van der Waals surface area contributed by atoms with Gasteiger partial charge in [-0.15, -0.1) is 0 Å². The molecule has 0 aromatic carbocycles. The summed E-state index contributed by atoms with van der Waals surface area (Å²) in [5.41, 5.74) is -0.0666. The van der Waals surface area contributed by atoms with Gasteiger partial charge in [-0.1, -0.05) is 0 Å². The maximum absolute atomic E-state index is 11.1. The molecule has 0 spiro atoms. The smallest absolute Gasteiger partial charge is 0.355 e. The maximum Gasteiger partial charge on any atom is 0.355 e. The van der Waals surface area contributed by atoms with Gasteiger partial charge in [0, 0.05) is 0 Å². The Kier molecular flexibility index (Phi) is 3.84. The van der Waals surface area contributed by atoms with Crippen LogP contribution < -0.4 is 0 Å². The molecule has 1 aromatic rings. The van der Waals surface area contributed by atoms with Crippen molar-refractivity contribution < 1.29 is 19.4 Å². The van der Waals surface area contributed by atoms with Gasteiger partial charge in [-0.05, 0) is 22.9 Å². The van der Waals surface area contributed by atoms with Gasteiger partial charge in [0.05, 0.1) is 17.3 Å². The Morgan fingerprint density at radius 2 is 2.33 bits per heavy atom. The van der Waals surface area contributed by atoms with E-state index in [0.29, 0.717) is 4.47 Å². The number of aromatic carboxylic acids is 1. The molecule has 1 rings (SSSR count). The van der Waals surface area contributed by atoms with Crippen LogP contribution >= 0.6 is 15.9 Å². The molecule has 0 aliphatic carbocycles. The Hall–Kier alpha value is -1.37. The quantitative estimate of drug-likeness (QED) is 0.827. The van der Waals surface area contributed by atoms with Gasteiger partial charge in [0.15, 0.2) is 5.69 Å². The van der Waals surface area contributed by atoms with Crippen molar-refractivity contribution in [2.45, 2.75) is 13.5 Å². The van der Waals surface area contributed by atoms with E-state index in [1.807, 2.05) is 0 Å². The van der Waals surface area contributed by atoms with Crippen molar-refractivity contribution in [1.82, 2.24) is 9.78 Å². The zero-order valence-corrected chi connectivity index (χ0v) is 9.52. The number of carboxylic acids is 1. The highest BCUT2D eigenvalue weighted by Gasteiger charge is 2.18. The van der Waals surface area contributed by atoms with Gasteiger partial charge >= 0.3 is 11.9 Å². The lowest BCUT2D eigenvalue weighted by molar-refractivity contribution is -0.144. The van der Waals surface area contributed by atoms with Gasteiger partial charge in [0.25, 0.3) is 0 Å². The zero-order chi connectivity index (χ0) is 11.4. The van der Waals surface area contributed by atoms with Gasteiger partial charge in [-0.2, -0.15) is 5.10 Å². The molecule has 6 nitrogen and oxygen atoms in total. The summed E-state index contributed by atoms with van der Waals surface area (Å²) in [4.78, 5) is 21.9. The molecule has 0 radical (unpaired) electrons. The van der Waals surface area contributed by atoms with Crippen LogP contribution in [0.2, 0.25) is 0 Å². The molecule has 1 N–H and O–H groups in total. The standard InChI is InChI=1S/C8H9BrN2O4/c1-2-15-6(12)4-11-7(8(13)14)5(9)3-10-11/h3H,2,4H2,1H3,(H,13,14). The topological polar surface area (TPSA) is 81.4 Å². The zero-order valence-electron chi connectivity index (χ0n) is 7.94. The Bertz CT molecular complexity index is 388. The van der Waals surface area contributed by atoms with E-state index in [4.69, 9.17) is 5.11 Å². The van der Waals surface area contributed by atoms with Crippen molar-refractivity contribution in [2.75, 3.05) is 6.61 Å². The number of carboxylic acid groups (broad SMARTS) is 1. The van der Waals surface area contributed by atoms with E-state index in [0.717, 1.165) is 4.68 Å². The Morgan fingerprint density at radius 3 is 2.87 bits per heavy atom. The highest BCUT2D eigenvalue weighted by Crippen LogP contribution is 2.15. The second-order valence-corrected chi connectivity index (χ2v) is 3.46. The van der Waals surface area contributed by atoms with Gasteiger partial charge in [-0.3, -0.25) is 4.79 Å². The Labute approximate surface area is 94.0 Å². The number of esters is 1. The molecular weight excluding hydrogens is 268 g/mol. The summed E-state index contributed by atoms with van der Waals surface area (Å²) in [6, 6.07) is 0. The van der Waals surface area contributed by atoms with Gasteiger partial charge < -0.3 is 9.84 Å². The van der Waals surface area contributed by atoms with E-state index in [-0.39, 0.29) is 18.8 Å². The van der Waals surface area contributed by atoms with E-state index in [9.17, 15) is 9.59 Å². The minimum Gasteiger partial charge on any atom is -0.476 e. The van der Waals surface area contributed by atoms with Crippen LogP contribution in [0.3, 0.4) is 0 Å². The second-order valence-electron chi connectivity index (χ2n) is 2.61. The van der Waals surface area contributed by atoms with E-state index in [2.05, 4.69) is 25.8 Å². The number of carbonyl (C=O) groups is 2. The van der Waals surface area contributed by atoms with Crippen LogP contribution in [0.15, 0.2) is 10.7 Å². The third-order valence-electron chi connectivity index (χ3n) is 1.58. The molecule has 0 bridgehead atoms. The molecule has 7 heteroatoms. The number of hydrogen-bond donors (Lipinski definition) is 1. The molecule has 0 aliphatic heterocycles. The lowest BCUT2D eigenvalue weighted by Crippen LogP contribution is -2.18. The first-order chi connectivity index (χ1) is 7.06. The van der Waals surface area contributed by atoms with Crippen molar-refractivity contribution in [1.29, 1.82) is 0 Å². The minimum atomic E-state index is -1.15. The molecular formula is C8H9BrN2O4. The molecule has 0 atom stereocenters. The molecule has 0 amide bonds. The third-order valence-corrected chi connectivity index (χ3v) is 2.16. The number of carbonyl (C=O) groups excluding carboxylic acids is 1. The van der Waals surface area contributed by atoms with Crippen molar-refractivity contribution >= 4 is 27.9 Å². The first-order valence-corrected chi connectivity index (χ1v) is 4.95. The molecule has 0 fully saturated rings. The molecule has 1 heterocycles. The monoisotopic (exact) mass is 276 g/mol. The number of rotatable bonds is 4. The van der Waals surface area contributed by atoms with E-state index < -0.39 is 11.9 Å². The molecule has 82 valence electrons. The van der Waals surface area contributed by atoms with Crippen LogP contribution in [0.1, 0.15) is 17.4 Å². The third kappa shape index (κ3) is 2.79. The summed E-state index contributed by atoms with van der Waals surface area (Å²) < 4.78 is 6.09. The molecule has 0 unspecified atom stereocenters. The molecule has 0 aliphatic rings. The Balaban J connectivity index is 2.86. The average Bonchev–Trinajstić information content (AvgIpc) is 2.47. The predicted molar refractivity (Wildman–Crippen MR) is 53.5 cm³/mol. The molecule has 1 aromatic heterocycles.